The molecule has 1 aliphatic heterocycles. The lowest BCUT2D eigenvalue weighted by molar-refractivity contribution is 0.190. The lowest BCUT2D eigenvalue weighted by Crippen LogP contribution is -2.32. The van der Waals surface area contributed by atoms with Gasteiger partial charge in [-0.05, 0) is 76.0 Å². The van der Waals surface area contributed by atoms with Gasteiger partial charge in [-0.15, -0.1) is 0 Å². The van der Waals surface area contributed by atoms with Crippen molar-refractivity contribution < 1.29 is 9.90 Å². The van der Waals surface area contributed by atoms with Gasteiger partial charge < -0.3 is 15.3 Å². The van der Waals surface area contributed by atoms with Crippen LogP contribution >= 0.6 is 0 Å². The largest absolute Gasteiger partial charge is 0.465 e. The molecule has 0 saturated carbocycles. The van der Waals surface area contributed by atoms with Crippen LogP contribution in [-0.4, -0.2) is 45.3 Å². The minimum absolute atomic E-state index is 0.165. The van der Waals surface area contributed by atoms with E-state index < -0.39 is 12.1 Å². The molecule has 0 spiro atoms. The number of carboxylic acid groups (broad SMARTS) is 1. The van der Waals surface area contributed by atoms with Crippen molar-refractivity contribution in [3.8, 4) is 5.69 Å². The quantitative estimate of drug-likeness (QED) is 0.608. The van der Waals surface area contributed by atoms with Crippen LogP contribution in [-0.2, 0) is 6.42 Å². The molecule has 2 N–H and O–H groups in total. The highest BCUT2D eigenvalue weighted by molar-refractivity contribution is 5.82. The average molecular weight is 421 g/mol. The number of likely N-dealkylation sites (tertiary alicyclic amines) is 1. The summed E-state index contributed by atoms with van der Waals surface area (Å²) in [5.74, 6) is 0.375. The fourth-order valence-electron chi connectivity index (χ4n) is 4.39. The molecule has 1 saturated heterocycles. The highest BCUT2D eigenvalue weighted by Crippen LogP contribution is 2.21. The maximum Gasteiger partial charge on any atom is 0.405 e. The molecule has 162 valence electrons. The smallest absolute Gasteiger partial charge is 0.405 e. The SMILES string of the molecule is CC(NC(=O)O)c1nc2cccc(CCCN3CCCC3)c2c(=O)n1-c1ccccc1. The molecule has 7 heteroatoms. The zero-order valence-corrected chi connectivity index (χ0v) is 17.8. The monoisotopic (exact) mass is 420 g/mol. The van der Waals surface area contributed by atoms with Crippen LogP contribution in [0.1, 0.15) is 43.6 Å². The number of carbonyl (C=O) groups is 1. The third-order valence-corrected chi connectivity index (χ3v) is 5.87. The molecule has 2 aromatic carbocycles. The first-order valence-corrected chi connectivity index (χ1v) is 10.9. The van der Waals surface area contributed by atoms with Gasteiger partial charge in [0.1, 0.15) is 5.82 Å². The van der Waals surface area contributed by atoms with Crippen molar-refractivity contribution in [2.75, 3.05) is 19.6 Å². The molecule has 0 bridgehead atoms. The number of amides is 1. The Kier molecular flexibility index (Phi) is 6.32. The highest BCUT2D eigenvalue weighted by Gasteiger charge is 2.21. The lowest BCUT2D eigenvalue weighted by atomic mass is 10.0. The van der Waals surface area contributed by atoms with Gasteiger partial charge in [0.25, 0.3) is 5.56 Å². The third-order valence-electron chi connectivity index (χ3n) is 5.87. The Labute approximate surface area is 181 Å². The molecule has 1 fully saturated rings. The summed E-state index contributed by atoms with van der Waals surface area (Å²) < 4.78 is 1.53. The Balaban J connectivity index is 1.78. The number of aryl methyl sites for hydroxylation is 1. The van der Waals surface area contributed by atoms with Crippen molar-refractivity contribution in [3.63, 3.8) is 0 Å². The standard InChI is InChI=1S/C24H28N4O3/c1-17(25-24(30)31)22-26-20-13-7-9-18(10-8-16-27-14-5-6-15-27)21(20)23(29)28(22)19-11-3-2-4-12-19/h2-4,7,9,11-13,17,25H,5-6,8,10,14-16H2,1H3,(H,30,31). The molecule has 0 radical (unpaired) electrons. The topological polar surface area (TPSA) is 87.5 Å². The fraction of sp³-hybridized carbons (Fsp3) is 0.375. The van der Waals surface area contributed by atoms with Crippen LogP contribution in [0.3, 0.4) is 0 Å². The molecule has 3 aromatic rings. The van der Waals surface area contributed by atoms with Gasteiger partial charge in [0.15, 0.2) is 0 Å². The Morgan fingerprint density at radius 3 is 2.58 bits per heavy atom. The summed E-state index contributed by atoms with van der Waals surface area (Å²) in [7, 11) is 0. The predicted octanol–water partition coefficient (Wildman–Crippen LogP) is 3.74. The zero-order chi connectivity index (χ0) is 21.8. The minimum atomic E-state index is -1.16. The summed E-state index contributed by atoms with van der Waals surface area (Å²) in [5.41, 5.74) is 2.10. The van der Waals surface area contributed by atoms with Crippen LogP contribution in [0.5, 0.6) is 0 Å². The van der Waals surface area contributed by atoms with Gasteiger partial charge in [-0.3, -0.25) is 9.36 Å². The van der Waals surface area contributed by atoms with E-state index in [1.807, 2.05) is 48.5 Å². The molecule has 1 atom stereocenters. The van der Waals surface area contributed by atoms with E-state index in [0.29, 0.717) is 22.4 Å². The Morgan fingerprint density at radius 2 is 1.87 bits per heavy atom. The number of aromatic nitrogens is 2. The van der Waals surface area contributed by atoms with Crippen molar-refractivity contribution >= 4 is 17.0 Å². The first kappa shape index (κ1) is 21.1. The summed E-state index contributed by atoms with van der Waals surface area (Å²) >= 11 is 0. The number of fused-ring (bicyclic) bond motifs is 1. The number of hydrogen-bond acceptors (Lipinski definition) is 4. The van der Waals surface area contributed by atoms with Gasteiger partial charge in [0.2, 0.25) is 0 Å². The molecule has 2 heterocycles. The zero-order valence-electron chi connectivity index (χ0n) is 17.8. The van der Waals surface area contributed by atoms with Crippen LogP contribution < -0.4 is 10.9 Å². The number of nitrogens with zero attached hydrogens (tertiary/aromatic N) is 3. The summed E-state index contributed by atoms with van der Waals surface area (Å²) in [6.07, 6.45) is 3.18. The van der Waals surface area contributed by atoms with Gasteiger partial charge in [0.05, 0.1) is 22.6 Å². The maximum atomic E-state index is 13.7. The van der Waals surface area contributed by atoms with E-state index in [9.17, 15) is 14.7 Å². The van der Waals surface area contributed by atoms with Crippen LogP contribution in [0, 0.1) is 0 Å². The van der Waals surface area contributed by atoms with Gasteiger partial charge in [0, 0.05) is 0 Å². The second-order valence-corrected chi connectivity index (χ2v) is 8.08. The number of benzene rings is 2. The number of para-hydroxylation sites is 1. The molecule has 1 unspecified atom stereocenters. The summed E-state index contributed by atoms with van der Waals surface area (Å²) in [6.45, 7) is 5.06. The van der Waals surface area contributed by atoms with Crippen LogP contribution in [0.4, 0.5) is 4.79 Å². The average Bonchev–Trinajstić information content (AvgIpc) is 3.27. The molecule has 7 nitrogen and oxygen atoms in total. The molecule has 4 rings (SSSR count). The Morgan fingerprint density at radius 1 is 1.13 bits per heavy atom. The number of hydrogen-bond donors (Lipinski definition) is 2. The lowest BCUT2D eigenvalue weighted by Gasteiger charge is -2.19. The van der Waals surface area contributed by atoms with Crippen LogP contribution in [0.25, 0.3) is 16.6 Å². The Hall–Kier alpha value is -3.19. The van der Waals surface area contributed by atoms with E-state index in [2.05, 4.69) is 10.2 Å². The third kappa shape index (κ3) is 4.61. The predicted molar refractivity (Wildman–Crippen MR) is 121 cm³/mol. The van der Waals surface area contributed by atoms with Crippen molar-refractivity contribution in [1.29, 1.82) is 0 Å². The van der Waals surface area contributed by atoms with E-state index in [4.69, 9.17) is 4.98 Å². The molecule has 1 aliphatic rings. The van der Waals surface area contributed by atoms with E-state index in [1.54, 1.807) is 6.92 Å². The fourth-order valence-corrected chi connectivity index (χ4v) is 4.39. The first-order valence-electron chi connectivity index (χ1n) is 10.9. The highest BCUT2D eigenvalue weighted by atomic mass is 16.4. The number of nitrogens with one attached hydrogen (secondary N) is 1. The second kappa shape index (κ2) is 9.31. The first-order chi connectivity index (χ1) is 15.0. The van der Waals surface area contributed by atoms with Crippen LogP contribution in [0.15, 0.2) is 53.3 Å². The van der Waals surface area contributed by atoms with E-state index in [-0.39, 0.29) is 5.56 Å². The second-order valence-electron chi connectivity index (χ2n) is 8.08. The molecule has 31 heavy (non-hydrogen) atoms. The summed E-state index contributed by atoms with van der Waals surface area (Å²) in [4.78, 5) is 32.2. The summed E-state index contributed by atoms with van der Waals surface area (Å²) in [6, 6.07) is 14.4. The normalized spacial score (nSPS) is 15.3. The maximum absolute atomic E-state index is 13.7. The minimum Gasteiger partial charge on any atom is -0.465 e. The van der Waals surface area contributed by atoms with Crippen molar-refractivity contribution in [1.82, 2.24) is 19.8 Å². The van der Waals surface area contributed by atoms with E-state index in [1.165, 1.54) is 17.4 Å². The van der Waals surface area contributed by atoms with Crippen molar-refractivity contribution in [2.24, 2.45) is 0 Å². The Bertz CT molecular complexity index is 1120. The van der Waals surface area contributed by atoms with Gasteiger partial charge in [-0.25, -0.2) is 9.78 Å². The number of rotatable bonds is 7. The van der Waals surface area contributed by atoms with Crippen molar-refractivity contribution in [2.45, 2.75) is 38.6 Å². The van der Waals surface area contributed by atoms with Gasteiger partial charge in [-0.1, -0.05) is 30.3 Å². The van der Waals surface area contributed by atoms with E-state index >= 15 is 0 Å². The molecule has 1 aromatic heterocycles. The molecule has 0 aliphatic carbocycles. The van der Waals surface area contributed by atoms with Gasteiger partial charge >= 0.3 is 6.09 Å². The van der Waals surface area contributed by atoms with Gasteiger partial charge in [-0.2, -0.15) is 0 Å². The van der Waals surface area contributed by atoms with Crippen LogP contribution in [0.2, 0.25) is 0 Å². The molecular weight excluding hydrogens is 392 g/mol. The summed E-state index contributed by atoms with van der Waals surface area (Å²) in [5, 5.41) is 12.2. The van der Waals surface area contributed by atoms with E-state index in [0.717, 1.165) is 38.0 Å². The van der Waals surface area contributed by atoms with Crippen molar-refractivity contribution in [3.05, 3.63) is 70.3 Å². The molecular formula is C24H28N4O3. The molecule has 1 amide bonds.